The minimum absolute atomic E-state index is 1.14. The lowest BCUT2D eigenvalue weighted by Crippen LogP contribution is -2.74. The molecule has 0 N–H and O–H groups in total. The van der Waals surface area contributed by atoms with Crippen LogP contribution in [0.1, 0.15) is 0 Å². The molecule has 2 aromatic heterocycles. The van der Waals surface area contributed by atoms with Gasteiger partial charge in [-0.1, -0.05) is 194 Å². The molecular formula is C54H38N2Si. The average molecular weight is 743 g/mol. The number of hydrogen-bond donors (Lipinski definition) is 0. The molecule has 268 valence electrons. The molecule has 11 rings (SSSR count). The maximum Gasteiger partial charge on any atom is 0.179 e. The van der Waals surface area contributed by atoms with Crippen molar-refractivity contribution >= 4 is 72.4 Å². The summed E-state index contributed by atoms with van der Waals surface area (Å²) >= 11 is 0. The molecule has 57 heavy (non-hydrogen) atoms. The predicted molar refractivity (Wildman–Crippen MR) is 244 cm³/mol. The van der Waals surface area contributed by atoms with E-state index in [1.54, 1.807) is 0 Å². The van der Waals surface area contributed by atoms with Gasteiger partial charge >= 0.3 is 0 Å². The van der Waals surface area contributed by atoms with Gasteiger partial charge in [-0.15, -0.1) is 0 Å². The monoisotopic (exact) mass is 742 g/mol. The van der Waals surface area contributed by atoms with Crippen molar-refractivity contribution in [3.63, 3.8) is 0 Å². The third kappa shape index (κ3) is 5.17. The zero-order chi connectivity index (χ0) is 37.8. The van der Waals surface area contributed by atoms with Crippen LogP contribution >= 0.6 is 0 Å². The molecule has 0 bridgehead atoms. The van der Waals surface area contributed by atoms with Crippen molar-refractivity contribution in [2.24, 2.45) is 0 Å². The lowest BCUT2D eigenvalue weighted by atomic mass is 10.0. The first-order chi connectivity index (χ1) is 28.3. The Morgan fingerprint density at radius 2 is 0.719 bits per heavy atom. The Bertz CT molecular complexity index is 3120. The Morgan fingerprint density at radius 3 is 1.32 bits per heavy atom. The summed E-state index contributed by atoms with van der Waals surface area (Å²) in [5.41, 5.74) is 9.49. The van der Waals surface area contributed by atoms with Crippen LogP contribution in [0.15, 0.2) is 231 Å². The highest BCUT2D eigenvalue weighted by molar-refractivity contribution is 7.20. The molecule has 0 fully saturated rings. The van der Waals surface area contributed by atoms with Crippen molar-refractivity contribution in [1.29, 1.82) is 0 Å². The van der Waals surface area contributed by atoms with Gasteiger partial charge < -0.3 is 9.13 Å². The van der Waals surface area contributed by atoms with Crippen LogP contribution in [0.2, 0.25) is 0 Å². The van der Waals surface area contributed by atoms with Gasteiger partial charge in [-0.25, -0.2) is 0 Å². The number of rotatable bonds is 7. The maximum absolute atomic E-state index is 2.76. The number of fused-ring (bicyclic) bond motifs is 6. The number of aromatic nitrogens is 2. The minimum Gasteiger partial charge on any atom is -0.309 e. The second-order valence-corrected chi connectivity index (χ2v) is 18.7. The summed E-state index contributed by atoms with van der Waals surface area (Å²) in [5, 5.41) is 10.4. The summed E-state index contributed by atoms with van der Waals surface area (Å²) in [6.07, 6.45) is 0. The van der Waals surface area contributed by atoms with Crippen LogP contribution in [0, 0.1) is 0 Å². The number of nitrogens with zero attached hydrogens (tertiary/aromatic N) is 2. The van der Waals surface area contributed by atoms with E-state index in [4.69, 9.17) is 0 Å². The van der Waals surface area contributed by atoms with Gasteiger partial charge in [0.05, 0.1) is 27.8 Å². The van der Waals surface area contributed by atoms with Gasteiger partial charge in [0.1, 0.15) is 0 Å². The smallest absolute Gasteiger partial charge is 0.179 e. The summed E-state index contributed by atoms with van der Waals surface area (Å²) < 4.78 is 4.97. The van der Waals surface area contributed by atoms with Crippen molar-refractivity contribution < 1.29 is 0 Å². The summed E-state index contributed by atoms with van der Waals surface area (Å²) in [5.74, 6) is 0. The van der Waals surface area contributed by atoms with E-state index in [1.165, 1.54) is 81.2 Å². The molecule has 0 radical (unpaired) electrons. The van der Waals surface area contributed by atoms with Gasteiger partial charge in [0.25, 0.3) is 0 Å². The first kappa shape index (κ1) is 33.2. The van der Waals surface area contributed by atoms with Gasteiger partial charge in [0.15, 0.2) is 8.07 Å². The Morgan fingerprint density at radius 1 is 0.281 bits per heavy atom. The molecule has 9 aromatic carbocycles. The van der Waals surface area contributed by atoms with E-state index in [0.29, 0.717) is 0 Å². The number of hydrogen-bond acceptors (Lipinski definition) is 0. The van der Waals surface area contributed by atoms with Crippen LogP contribution < -0.4 is 20.7 Å². The van der Waals surface area contributed by atoms with E-state index < -0.39 is 8.07 Å². The average Bonchev–Trinajstić information content (AvgIpc) is 3.80. The van der Waals surface area contributed by atoms with Gasteiger partial charge in [0, 0.05) is 32.8 Å². The largest absolute Gasteiger partial charge is 0.309 e. The minimum atomic E-state index is -2.76. The van der Waals surface area contributed by atoms with Crippen LogP contribution in [0.25, 0.3) is 66.1 Å². The second kappa shape index (κ2) is 13.5. The lowest BCUT2D eigenvalue weighted by Gasteiger charge is -2.34. The van der Waals surface area contributed by atoms with Gasteiger partial charge in [-0.05, 0) is 62.7 Å². The number of benzene rings is 9. The molecule has 0 unspecified atom stereocenters. The third-order valence-electron chi connectivity index (χ3n) is 11.9. The molecule has 2 nitrogen and oxygen atoms in total. The molecular weight excluding hydrogens is 705 g/mol. The van der Waals surface area contributed by atoms with E-state index in [9.17, 15) is 0 Å². The first-order valence-corrected chi connectivity index (χ1v) is 21.7. The van der Waals surface area contributed by atoms with Gasteiger partial charge in [0.2, 0.25) is 0 Å². The maximum atomic E-state index is 2.51. The van der Waals surface area contributed by atoms with Crippen molar-refractivity contribution in [3.05, 3.63) is 231 Å². The fourth-order valence-corrected chi connectivity index (χ4v) is 14.2. The van der Waals surface area contributed by atoms with E-state index in [1.807, 2.05) is 0 Å². The van der Waals surface area contributed by atoms with Crippen molar-refractivity contribution in [2.45, 2.75) is 0 Å². The summed E-state index contributed by atoms with van der Waals surface area (Å²) in [4.78, 5) is 0. The van der Waals surface area contributed by atoms with Crippen molar-refractivity contribution in [1.82, 2.24) is 9.13 Å². The highest BCUT2D eigenvalue weighted by atomic mass is 28.3. The predicted octanol–water partition coefficient (Wildman–Crippen LogP) is 10.9. The van der Waals surface area contributed by atoms with Crippen LogP contribution in [-0.2, 0) is 0 Å². The molecule has 2 heterocycles. The SMILES string of the molecule is c1ccc(-c2ccccc2-n2c3ccccc3c3ccc(-n4c5ccccc5c5ccc([Si](c6ccccc6)(c6ccccc6)c6ccccc6)cc54)cc32)cc1. The quantitative estimate of drug-likeness (QED) is 0.114. The molecule has 0 aliphatic carbocycles. The fourth-order valence-electron chi connectivity index (χ4n) is 9.43. The molecule has 0 amide bonds. The highest BCUT2D eigenvalue weighted by Crippen LogP contribution is 2.39. The van der Waals surface area contributed by atoms with Crippen LogP contribution in [-0.4, -0.2) is 17.2 Å². The van der Waals surface area contributed by atoms with Crippen LogP contribution in [0.5, 0.6) is 0 Å². The second-order valence-electron chi connectivity index (χ2n) is 14.9. The van der Waals surface area contributed by atoms with E-state index >= 15 is 0 Å². The van der Waals surface area contributed by atoms with Crippen molar-refractivity contribution in [2.75, 3.05) is 0 Å². The highest BCUT2D eigenvalue weighted by Gasteiger charge is 2.41. The molecule has 0 aliphatic rings. The molecule has 0 spiro atoms. The van der Waals surface area contributed by atoms with Gasteiger partial charge in [-0.3, -0.25) is 0 Å². The van der Waals surface area contributed by atoms with Crippen molar-refractivity contribution in [3.8, 4) is 22.5 Å². The normalized spacial score (nSPS) is 11.9. The molecule has 0 aliphatic heterocycles. The molecule has 0 atom stereocenters. The Balaban J connectivity index is 1.22. The zero-order valence-corrected chi connectivity index (χ0v) is 32.3. The zero-order valence-electron chi connectivity index (χ0n) is 31.3. The lowest BCUT2D eigenvalue weighted by molar-refractivity contribution is 1.16. The van der Waals surface area contributed by atoms with E-state index in [-0.39, 0.29) is 0 Å². The molecule has 11 aromatic rings. The van der Waals surface area contributed by atoms with Crippen LogP contribution in [0.3, 0.4) is 0 Å². The molecule has 0 saturated carbocycles. The number of para-hydroxylation sites is 3. The van der Waals surface area contributed by atoms with E-state index in [0.717, 1.165) is 5.69 Å². The topological polar surface area (TPSA) is 9.86 Å². The summed E-state index contributed by atoms with van der Waals surface area (Å²) in [6, 6.07) is 85.2. The Labute approximate surface area is 333 Å². The Kier molecular flexibility index (Phi) is 7.87. The molecule has 0 saturated heterocycles. The summed E-state index contributed by atoms with van der Waals surface area (Å²) in [6.45, 7) is 0. The Hall–Kier alpha value is -7.20. The fraction of sp³-hybridized carbons (Fsp3) is 0. The third-order valence-corrected chi connectivity index (χ3v) is 16.6. The first-order valence-electron chi connectivity index (χ1n) is 19.7. The standard InChI is InChI=1S/C54H38N2Si/c1-5-19-39(20-6-1)45-27-13-16-30-50(45)56-52-32-18-15-29-47(52)48-35-33-40(37-53(48)56)55-51-31-17-14-28-46(51)49-36-34-44(38-54(49)55)57(41-21-7-2-8-22-41,42-23-9-3-10-24-42)43-25-11-4-12-26-43/h1-38H. The van der Waals surface area contributed by atoms with Gasteiger partial charge in [-0.2, -0.15) is 0 Å². The molecule has 3 heteroatoms. The van der Waals surface area contributed by atoms with Crippen LogP contribution in [0.4, 0.5) is 0 Å². The van der Waals surface area contributed by atoms with E-state index in [2.05, 4.69) is 240 Å². The summed E-state index contributed by atoms with van der Waals surface area (Å²) in [7, 11) is -2.76.